The molecule has 200 valence electrons. The first-order chi connectivity index (χ1) is 17.5. The number of hydrogen-bond acceptors (Lipinski definition) is 3. The topological polar surface area (TPSA) is 40.5 Å². The molecule has 0 spiro atoms. The Balaban J connectivity index is 1.85. The molecule has 4 nitrogen and oxygen atoms in total. The molecule has 0 aliphatic rings. The van der Waals surface area contributed by atoms with Crippen LogP contribution in [0.25, 0.3) is 22.2 Å². The number of halogens is 3. The van der Waals surface area contributed by atoms with Crippen LogP contribution < -0.4 is 4.74 Å². The number of benzene rings is 2. The third-order valence-corrected chi connectivity index (χ3v) is 6.85. The third-order valence-electron chi connectivity index (χ3n) is 6.85. The summed E-state index contributed by atoms with van der Waals surface area (Å²) < 4.78 is 53.6. The average Bonchev–Trinajstić information content (AvgIpc) is 3.20. The number of fused-ring (bicyclic) bond motifs is 1. The molecule has 0 aliphatic carbocycles. The molecule has 3 aromatic rings. The lowest BCUT2D eigenvalue weighted by atomic mass is 9.92. The zero-order valence-corrected chi connectivity index (χ0v) is 22.1. The van der Waals surface area contributed by atoms with Crippen molar-refractivity contribution in [3.05, 3.63) is 66.2 Å². The lowest BCUT2D eigenvalue weighted by Crippen LogP contribution is -2.44. The molecule has 1 heterocycles. The first-order valence-corrected chi connectivity index (χ1v) is 12.7. The molecule has 0 bridgehead atoms. The predicted octanol–water partition coefficient (Wildman–Crippen LogP) is 7.82. The van der Waals surface area contributed by atoms with Gasteiger partial charge < -0.3 is 14.0 Å². The molecular weight excluding hydrogens is 479 g/mol. The van der Waals surface area contributed by atoms with Crippen molar-refractivity contribution in [2.75, 3.05) is 13.2 Å². The minimum atomic E-state index is -4.63. The van der Waals surface area contributed by atoms with Crippen LogP contribution in [0.15, 0.2) is 55.1 Å². The minimum absolute atomic E-state index is 0.313. The lowest BCUT2D eigenvalue weighted by molar-refractivity contribution is -0.240. The highest BCUT2D eigenvalue weighted by Crippen LogP contribution is 2.39. The molecule has 0 aliphatic heterocycles. The normalized spacial score (nSPS) is 13.4. The van der Waals surface area contributed by atoms with Gasteiger partial charge in [0, 0.05) is 35.8 Å². The van der Waals surface area contributed by atoms with Crippen molar-refractivity contribution in [1.29, 1.82) is 0 Å². The number of aryl methyl sites for hydroxylation is 3. The summed E-state index contributed by atoms with van der Waals surface area (Å²) >= 11 is 0. The summed E-state index contributed by atoms with van der Waals surface area (Å²) in [7, 11) is 1.95. The fourth-order valence-corrected chi connectivity index (χ4v) is 4.32. The van der Waals surface area contributed by atoms with Gasteiger partial charge in [0.05, 0.1) is 5.52 Å². The van der Waals surface area contributed by atoms with Crippen molar-refractivity contribution in [3.8, 4) is 17.0 Å². The van der Waals surface area contributed by atoms with E-state index < -0.39 is 30.8 Å². The highest BCUT2D eigenvalue weighted by atomic mass is 19.4. The van der Waals surface area contributed by atoms with E-state index in [0.717, 1.165) is 48.0 Å². The maximum absolute atomic E-state index is 13.8. The molecular formula is C30H36F3NO3. The minimum Gasteiger partial charge on any atom is -0.492 e. The summed E-state index contributed by atoms with van der Waals surface area (Å²) in [5.74, 6) is -0.596. The third kappa shape index (κ3) is 6.56. The number of unbranched alkanes of at least 4 members (excludes halogenated alkanes) is 2. The van der Waals surface area contributed by atoms with Crippen molar-refractivity contribution in [2.24, 2.45) is 12.5 Å². The van der Waals surface area contributed by atoms with Gasteiger partial charge in [0.1, 0.15) is 24.4 Å². The fourth-order valence-electron chi connectivity index (χ4n) is 4.32. The van der Waals surface area contributed by atoms with E-state index >= 15 is 0 Å². The van der Waals surface area contributed by atoms with E-state index in [1.54, 1.807) is 12.1 Å². The first kappa shape index (κ1) is 28.4. The van der Waals surface area contributed by atoms with Crippen LogP contribution >= 0.6 is 0 Å². The van der Waals surface area contributed by atoms with E-state index in [0.29, 0.717) is 5.75 Å². The second-order valence-electron chi connectivity index (χ2n) is 9.77. The Morgan fingerprint density at radius 2 is 1.81 bits per heavy atom. The second-order valence-corrected chi connectivity index (χ2v) is 9.77. The van der Waals surface area contributed by atoms with Crippen LogP contribution in [-0.4, -0.2) is 29.9 Å². The van der Waals surface area contributed by atoms with E-state index in [1.165, 1.54) is 30.4 Å². The molecule has 0 saturated carbocycles. The maximum Gasteiger partial charge on any atom is 0.400 e. The van der Waals surface area contributed by atoms with Crippen molar-refractivity contribution in [3.63, 3.8) is 0 Å². The molecule has 0 radical (unpaired) electrons. The van der Waals surface area contributed by atoms with Crippen LogP contribution in [0.4, 0.5) is 13.2 Å². The Morgan fingerprint density at radius 3 is 2.46 bits per heavy atom. The number of nitrogens with zero attached hydrogens (tertiary/aromatic N) is 1. The second kappa shape index (κ2) is 11.9. The van der Waals surface area contributed by atoms with Crippen LogP contribution in [0.2, 0.25) is 0 Å². The zero-order chi connectivity index (χ0) is 27.2. The van der Waals surface area contributed by atoms with Crippen LogP contribution in [0.1, 0.15) is 51.2 Å². The van der Waals surface area contributed by atoms with Crippen molar-refractivity contribution in [1.82, 2.24) is 4.57 Å². The number of ether oxygens (including phenoxy) is 2. The van der Waals surface area contributed by atoms with Gasteiger partial charge in [-0.05, 0) is 55.5 Å². The van der Waals surface area contributed by atoms with E-state index in [2.05, 4.69) is 44.7 Å². The molecule has 0 fully saturated rings. The Kier molecular flexibility index (Phi) is 9.11. The molecule has 37 heavy (non-hydrogen) atoms. The monoisotopic (exact) mass is 515 g/mol. The van der Waals surface area contributed by atoms with Crippen molar-refractivity contribution in [2.45, 2.75) is 59.1 Å². The Bertz CT molecular complexity index is 1240. The average molecular weight is 516 g/mol. The molecule has 1 aromatic heterocycles. The van der Waals surface area contributed by atoms with Gasteiger partial charge in [0.15, 0.2) is 0 Å². The molecule has 1 atom stereocenters. The van der Waals surface area contributed by atoms with Gasteiger partial charge in [0.2, 0.25) is 0 Å². The van der Waals surface area contributed by atoms with Crippen LogP contribution in [0.3, 0.4) is 0 Å². The maximum atomic E-state index is 13.8. The van der Waals surface area contributed by atoms with Crippen molar-refractivity contribution < 1.29 is 27.4 Å². The molecule has 3 rings (SSSR count). The summed E-state index contributed by atoms with van der Waals surface area (Å²) in [5, 5.41) is 0.970. The summed E-state index contributed by atoms with van der Waals surface area (Å²) in [5.41, 5.74) is 3.29. The molecule has 7 heteroatoms. The first-order valence-electron chi connectivity index (χ1n) is 12.7. The quantitative estimate of drug-likeness (QED) is 0.140. The molecule has 0 saturated heterocycles. The van der Waals surface area contributed by atoms with Gasteiger partial charge in [0.25, 0.3) is 0 Å². The SMILES string of the molecule is C=CC(=O)OCC(C)(COc1ccc2cc(-c3ccc(CCCCC)cc3CC)n(C)c2c1)C(F)(F)F. The highest BCUT2D eigenvalue weighted by molar-refractivity contribution is 5.88. The predicted molar refractivity (Wildman–Crippen MR) is 142 cm³/mol. The van der Waals surface area contributed by atoms with Crippen LogP contribution in [0.5, 0.6) is 5.75 Å². The van der Waals surface area contributed by atoms with Gasteiger partial charge in [-0.15, -0.1) is 0 Å². The number of esters is 1. The zero-order valence-electron chi connectivity index (χ0n) is 22.1. The smallest absolute Gasteiger partial charge is 0.400 e. The van der Waals surface area contributed by atoms with Gasteiger partial charge in [-0.2, -0.15) is 13.2 Å². The highest BCUT2D eigenvalue weighted by Gasteiger charge is 2.53. The molecule has 1 unspecified atom stereocenters. The molecule has 0 N–H and O–H groups in total. The Labute approximate surface area is 217 Å². The van der Waals surface area contributed by atoms with Crippen molar-refractivity contribution >= 4 is 16.9 Å². The number of carbonyl (C=O) groups excluding carboxylic acids is 1. The standard InChI is InChI=1S/C30H36F3NO3/c1-6-9-10-11-21-12-15-25(22(7-2)16-21)27-17-23-13-14-24(18-26(23)34(27)5)36-19-29(4,30(31,32)33)20-37-28(35)8-3/h8,12-18H,3,6-7,9-11,19-20H2,1-2,4-5H3. The summed E-state index contributed by atoms with van der Waals surface area (Å²) in [6.07, 6.45) is 1.77. The molecule has 0 amide bonds. The number of carbonyl (C=O) groups is 1. The van der Waals surface area contributed by atoms with E-state index in [9.17, 15) is 18.0 Å². The largest absolute Gasteiger partial charge is 0.492 e. The summed E-state index contributed by atoms with van der Waals surface area (Å²) in [4.78, 5) is 11.3. The van der Waals surface area contributed by atoms with Gasteiger partial charge in [-0.25, -0.2) is 4.79 Å². The summed E-state index contributed by atoms with van der Waals surface area (Å²) in [6, 6.07) is 14.0. The summed E-state index contributed by atoms with van der Waals surface area (Å²) in [6.45, 7) is 6.99. The van der Waals surface area contributed by atoms with E-state index in [4.69, 9.17) is 9.47 Å². The van der Waals surface area contributed by atoms with E-state index in [1.807, 2.05) is 17.7 Å². The Morgan fingerprint density at radius 1 is 1.05 bits per heavy atom. The number of aromatic nitrogens is 1. The van der Waals surface area contributed by atoms with Crippen LogP contribution in [0, 0.1) is 5.41 Å². The van der Waals surface area contributed by atoms with Gasteiger partial charge in [-0.3, -0.25) is 0 Å². The van der Waals surface area contributed by atoms with Gasteiger partial charge >= 0.3 is 12.1 Å². The number of hydrogen-bond donors (Lipinski definition) is 0. The fraction of sp³-hybridized carbons (Fsp3) is 0.433. The number of rotatable bonds is 12. The van der Waals surface area contributed by atoms with Crippen LogP contribution in [-0.2, 0) is 29.4 Å². The van der Waals surface area contributed by atoms with Gasteiger partial charge in [-0.1, -0.05) is 51.5 Å². The lowest BCUT2D eigenvalue weighted by Gasteiger charge is -2.31. The Hall–Kier alpha value is -3.22. The van der Waals surface area contributed by atoms with E-state index in [-0.39, 0.29) is 0 Å². The molecule has 2 aromatic carbocycles. The number of alkyl halides is 3.